The molecule has 0 radical (unpaired) electrons. The van der Waals surface area contributed by atoms with Crippen LogP contribution in [0.15, 0.2) is 78.6 Å². The molecule has 1 amide bonds. The predicted octanol–water partition coefficient (Wildman–Crippen LogP) is 3.49. The molecule has 0 saturated carbocycles. The second kappa shape index (κ2) is 8.12. The van der Waals surface area contributed by atoms with Gasteiger partial charge in [-0.25, -0.2) is 0 Å². The largest absolute Gasteiger partial charge is 0.507 e. The molecule has 32 heavy (non-hydrogen) atoms. The van der Waals surface area contributed by atoms with Crippen LogP contribution in [0, 0.1) is 21.4 Å². The minimum absolute atomic E-state index is 0.155. The van der Waals surface area contributed by atoms with Crippen LogP contribution in [-0.2, 0) is 9.59 Å². The molecule has 4 rings (SSSR count). The average molecular weight is 426 g/mol. The Hall–Kier alpha value is -4.84. The second-order valence-corrected chi connectivity index (χ2v) is 6.92. The van der Waals surface area contributed by atoms with E-state index in [1.54, 1.807) is 24.3 Å². The number of ketones is 1. The molecule has 1 atom stereocenters. The summed E-state index contributed by atoms with van der Waals surface area (Å²) in [7, 11) is 0. The molecular formula is C23H14N4O5. The lowest BCUT2D eigenvalue weighted by atomic mass is 9.96. The van der Waals surface area contributed by atoms with E-state index in [4.69, 9.17) is 5.26 Å². The highest BCUT2D eigenvalue weighted by Gasteiger charge is 2.47. The number of rotatable bonds is 4. The molecule has 1 saturated heterocycles. The van der Waals surface area contributed by atoms with E-state index in [9.17, 15) is 24.8 Å². The lowest BCUT2D eigenvalue weighted by Crippen LogP contribution is -2.29. The minimum Gasteiger partial charge on any atom is -0.507 e. The highest BCUT2D eigenvalue weighted by Crippen LogP contribution is 2.42. The Kier molecular flexibility index (Phi) is 5.18. The number of aromatic nitrogens is 1. The van der Waals surface area contributed by atoms with Crippen molar-refractivity contribution in [1.82, 2.24) is 4.98 Å². The number of carbonyl (C=O) groups is 2. The maximum atomic E-state index is 13.0. The van der Waals surface area contributed by atoms with E-state index in [2.05, 4.69) is 4.98 Å². The fourth-order valence-corrected chi connectivity index (χ4v) is 3.55. The van der Waals surface area contributed by atoms with Crippen molar-refractivity contribution >= 4 is 28.8 Å². The summed E-state index contributed by atoms with van der Waals surface area (Å²) in [6, 6.07) is 15.5. The van der Waals surface area contributed by atoms with Crippen molar-refractivity contribution in [1.29, 1.82) is 5.26 Å². The second-order valence-electron chi connectivity index (χ2n) is 6.92. The van der Waals surface area contributed by atoms with Crippen LogP contribution in [0.1, 0.15) is 22.7 Å². The third-order valence-electron chi connectivity index (χ3n) is 5.07. The Bertz CT molecular complexity index is 1290. The number of benzene rings is 2. The summed E-state index contributed by atoms with van der Waals surface area (Å²) in [5.41, 5.74) is 1.04. The van der Waals surface area contributed by atoms with Crippen molar-refractivity contribution in [3.05, 3.63) is 105 Å². The van der Waals surface area contributed by atoms with Gasteiger partial charge >= 0.3 is 0 Å². The molecule has 1 aliphatic rings. The Morgan fingerprint density at radius 3 is 2.34 bits per heavy atom. The normalized spacial score (nSPS) is 17.2. The number of aliphatic hydroxyl groups excluding tert-OH is 1. The van der Waals surface area contributed by atoms with Gasteiger partial charge in [0.15, 0.2) is 0 Å². The molecular weight excluding hydrogens is 412 g/mol. The zero-order valence-corrected chi connectivity index (χ0v) is 16.4. The number of aliphatic hydroxyl groups is 1. The van der Waals surface area contributed by atoms with E-state index in [-0.39, 0.29) is 16.8 Å². The van der Waals surface area contributed by atoms with Gasteiger partial charge in [0.1, 0.15) is 5.76 Å². The molecule has 156 valence electrons. The van der Waals surface area contributed by atoms with E-state index in [0.29, 0.717) is 16.8 Å². The molecule has 1 fully saturated rings. The number of Topliss-reactive ketones (excluding diaryl/α,β-unsaturated/α-hetero) is 1. The number of carbonyl (C=O) groups excluding carboxylic acids is 2. The third-order valence-corrected chi connectivity index (χ3v) is 5.07. The SMILES string of the molecule is N#Cc1ccc(N2C(=O)C(=O)/C(=C(\O)c3ccc([N+](=O)[O-])cc3)C2c2cccnc2)cc1. The topological polar surface area (TPSA) is 137 Å². The summed E-state index contributed by atoms with van der Waals surface area (Å²) in [4.78, 5) is 41.6. The van der Waals surface area contributed by atoms with Gasteiger partial charge in [-0.3, -0.25) is 29.6 Å². The number of nitrogens with zero attached hydrogens (tertiary/aromatic N) is 4. The zero-order chi connectivity index (χ0) is 22.8. The number of anilines is 1. The molecule has 9 heteroatoms. The minimum atomic E-state index is -0.980. The summed E-state index contributed by atoms with van der Waals surface area (Å²) in [5, 5.41) is 30.9. The first-order valence-electron chi connectivity index (χ1n) is 9.38. The number of pyridine rings is 1. The monoisotopic (exact) mass is 426 g/mol. The van der Waals surface area contributed by atoms with Gasteiger partial charge < -0.3 is 5.11 Å². The summed E-state index contributed by atoms with van der Waals surface area (Å²) in [6.45, 7) is 0. The molecule has 2 heterocycles. The van der Waals surface area contributed by atoms with Crippen LogP contribution in [0.2, 0.25) is 0 Å². The number of nitro groups is 1. The maximum Gasteiger partial charge on any atom is 0.300 e. The lowest BCUT2D eigenvalue weighted by Gasteiger charge is -2.25. The number of hydrogen-bond acceptors (Lipinski definition) is 7. The smallest absolute Gasteiger partial charge is 0.300 e. The molecule has 0 bridgehead atoms. The van der Waals surface area contributed by atoms with Gasteiger partial charge in [0.2, 0.25) is 0 Å². The number of nitro benzene ring substituents is 1. The van der Waals surface area contributed by atoms with E-state index in [0.717, 1.165) is 0 Å². The van der Waals surface area contributed by atoms with Crippen molar-refractivity contribution in [2.75, 3.05) is 4.90 Å². The van der Waals surface area contributed by atoms with Crippen LogP contribution in [0.4, 0.5) is 11.4 Å². The molecule has 0 spiro atoms. The van der Waals surface area contributed by atoms with Crippen LogP contribution >= 0.6 is 0 Å². The van der Waals surface area contributed by atoms with Gasteiger partial charge in [0, 0.05) is 35.8 Å². The first-order valence-corrected chi connectivity index (χ1v) is 9.38. The van der Waals surface area contributed by atoms with Gasteiger partial charge in [-0.1, -0.05) is 6.07 Å². The van der Waals surface area contributed by atoms with Crippen LogP contribution in [0.5, 0.6) is 0 Å². The summed E-state index contributed by atoms with van der Waals surface area (Å²) in [5.74, 6) is -2.21. The number of non-ortho nitro benzene ring substituents is 1. The Labute approximate surface area is 181 Å². The van der Waals surface area contributed by atoms with Gasteiger partial charge in [-0.05, 0) is 48.0 Å². The summed E-state index contributed by atoms with van der Waals surface area (Å²) in [6.07, 6.45) is 3.02. The first-order chi connectivity index (χ1) is 15.4. The average Bonchev–Trinajstić information content (AvgIpc) is 3.09. The van der Waals surface area contributed by atoms with Gasteiger partial charge in [0.05, 0.1) is 28.2 Å². The number of amides is 1. The fourth-order valence-electron chi connectivity index (χ4n) is 3.55. The van der Waals surface area contributed by atoms with Crippen molar-refractivity contribution in [2.45, 2.75) is 6.04 Å². The van der Waals surface area contributed by atoms with E-state index in [1.165, 1.54) is 53.7 Å². The highest BCUT2D eigenvalue weighted by atomic mass is 16.6. The maximum absolute atomic E-state index is 13.0. The van der Waals surface area contributed by atoms with Crippen LogP contribution in [0.25, 0.3) is 5.76 Å². The van der Waals surface area contributed by atoms with E-state index < -0.39 is 28.4 Å². The van der Waals surface area contributed by atoms with Crippen molar-refractivity contribution in [3.8, 4) is 6.07 Å². The van der Waals surface area contributed by atoms with Gasteiger partial charge in [-0.2, -0.15) is 5.26 Å². The molecule has 0 aliphatic carbocycles. The Morgan fingerprint density at radius 2 is 1.78 bits per heavy atom. The van der Waals surface area contributed by atoms with Crippen LogP contribution in [-0.4, -0.2) is 26.7 Å². The van der Waals surface area contributed by atoms with Crippen molar-refractivity contribution in [3.63, 3.8) is 0 Å². The van der Waals surface area contributed by atoms with E-state index in [1.807, 2.05) is 6.07 Å². The predicted molar refractivity (Wildman–Crippen MR) is 113 cm³/mol. The van der Waals surface area contributed by atoms with Crippen LogP contribution in [0.3, 0.4) is 0 Å². The van der Waals surface area contributed by atoms with Crippen molar-refractivity contribution < 1.29 is 19.6 Å². The molecule has 2 aromatic carbocycles. The van der Waals surface area contributed by atoms with E-state index >= 15 is 0 Å². The van der Waals surface area contributed by atoms with Crippen molar-refractivity contribution in [2.24, 2.45) is 0 Å². The van der Waals surface area contributed by atoms with Gasteiger partial charge in [-0.15, -0.1) is 0 Å². The molecule has 9 nitrogen and oxygen atoms in total. The lowest BCUT2D eigenvalue weighted by molar-refractivity contribution is -0.384. The fraction of sp³-hybridized carbons (Fsp3) is 0.0435. The quantitative estimate of drug-likeness (QED) is 0.222. The molecule has 1 N–H and O–H groups in total. The standard InChI is InChI=1S/C23H14N4O5/c24-12-14-3-7-17(8-4-14)26-20(16-2-1-11-25-13-16)19(22(29)23(26)30)21(28)15-5-9-18(10-6-15)27(31)32/h1-11,13,20,28H/b21-19-. The molecule has 1 aromatic heterocycles. The molecule has 1 aliphatic heterocycles. The summed E-state index contributed by atoms with van der Waals surface area (Å²) < 4.78 is 0. The highest BCUT2D eigenvalue weighted by molar-refractivity contribution is 6.51. The first kappa shape index (κ1) is 20.4. The molecule has 1 unspecified atom stereocenters. The molecule has 3 aromatic rings. The number of nitriles is 1. The van der Waals surface area contributed by atoms with Crippen LogP contribution < -0.4 is 4.90 Å². The zero-order valence-electron chi connectivity index (χ0n) is 16.4. The summed E-state index contributed by atoms with van der Waals surface area (Å²) >= 11 is 0. The Balaban J connectivity index is 1.89. The Morgan fingerprint density at radius 1 is 1.09 bits per heavy atom. The van der Waals surface area contributed by atoms with Gasteiger partial charge in [0.25, 0.3) is 17.4 Å². The number of hydrogen-bond donors (Lipinski definition) is 1. The third kappa shape index (κ3) is 3.46.